The van der Waals surface area contributed by atoms with Crippen LogP contribution in [-0.2, 0) is 6.42 Å². The van der Waals surface area contributed by atoms with Crippen molar-refractivity contribution in [2.45, 2.75) is 37.9 Å². The van der Waals surface area contributed by atoms with Gasteiger partial charge in [-0.25, -0.2) is 0 Å². The Morgan fingerprint density at radius 3 is 2.91 bits per heavy atom. The van der Waals surface area contributed by atoms with Gasteiger partial charge < -0.3 is 10.6 Å². The van der Waals surface area contributed by atoms with Gasteiger partial charge in [-0.1, -0.05) is 0 Å². The maximum Gasteiger partial charge on any atom is 0.191 e. The molecule has 0 bridgehead atoms. The lowest BCUT2D eigenvalue weighted by Crippen LogP contribution is -2.44. The largest absolute Gasteiger partial charge is 0.356 e. The van der Waals surface area contributed by atoms with Gasteiger partial charge in [0, 0.05) is 37.3 Å². The number of nitrogens with one attached hydrogen (secondary N) is 2. The molecule has 1 aromatic rings. The Bertz CT molecular complexity index is 487. The third kappa shape index (κ3) is 5.95. The van der Waals surface area contributed by atoms with Crippen molar-refractivity contribution in [1.29, 1.82) is 0 Å². The monoisotopic (exact) mass is 434 g/mol. The first-order valence-electron chi connectivity index (χ1n) is 7.61. The second-order valence-electron chi connectivity index (χ2n) is 5.81. The van der Waals surface area contributed by atoms with Crippen LogP contribution in [0.25, 0.3) is 0 Å². The number of aryl methyl sites for hydroxylation is 1. The number of aliphatic imine (C=N–C) groups is 1. The minimum absolute atomic E-state index is 0. The SMILES string of the molecule is CN=C(NCCc1ccncc1C)NCC1(C)CCCS1.I. The van der Waals surface area contributed by atoms with Gasteiger partial charge in [-0.3, -0.25) is 9.98 Å². The summed E-state index contributed by atoms with van der Waals surface area (Å²) in [6.45, 7) is 6.30. The highest BCUT2D eigenvalue weighted by Gasteiger charge is 2.29. The van der Waals surface area contributed by atoms with E-state index >= 15 is 0 Å². The first-order valence-corrected chi connectivity index (χ1v) is 8.59. The summed E-state index contributed by atoms with van der Waals surface area (Å²) in [5, 5.41) is 6.85. The van der Waals surface area contributed by atoms with Crippen molar-refractivity contribution in [3.05, 3.63) is 29.6 Å². The summed E-state index contributed by atoms with van der Waals surface area (Å²) in [5.41, 5.74) is 2.59. The molecule has 0 spiro atoms. The number of guanidine groups is 1. The number of hydrogen-bond donors (Lipinski definition) is 2. The van der Waals surface area contributed by atoms with Crippen LogP contribution in [0.1, 0.15) is 30.9 Å². The van der Waals surface area contributed by atoms with E-state index in [4.69, 9.17) is 0 Å². The zero-order valence-corrected chi connectivity index (χ0v) is 16.8. The molecule has 6 heteroatoms. The van der Waals surface area contributed by atoms with Crippen LogP contribution in [0.2, 0.25) is 0 Å². The number of halogens is 1. The average Bonchev–Trinajstić information content (AvgIpc) is 2.91. The minimum Gasteiger partial charge on any atom is -0.356 e. The van der Waals surface area contributed by atoms with Crippen molar-refractivity contribution >= 4 is 41.7 Å². The molecule has 1 aliphatic rings. The van der Waals surface area contributed by atoms with Crippen molar-refractivity contribution < 1.29 is 0 Å². The summed E-state index contributed by atoms with van der Waals surface area (Å²) < 4.78 is 0.360. The lowest BCUT2D eigenvalue weighted by molar-refractivity contribution is 0.584. The van der Waals surface area contributed by atoms with Gasteiger partial charge in [0.1, 0.15) is 0 Å². The lowest BCUT2D eigenvalue weighted by atomic mass is 10.1. The van der Waals surface area contributed by atoms with Gasteiger partial charge in [0.15, 0.2) is 5.96 Å². The van der Waals surface area contributed by atoms with Crippen LogP contribution >= 0.6 is 35.7 Å². The Balaban J connectivity index is 0.00000242. The van der Waals surface area contributed by atoms with E-state index < -0.39 is 0 Å². The molecule has 0 aliphatic carbocycles. The molecule has 2 rings (SSSR count). The Labute approximate surface area is 155 Å². The van der Waals surface area contributed by atoms with Crippen molar-refractivity contribution in [2.75, 3.05) is 25.9 Å². The molecule has 1 atom stereocenters. The molecule has 1 aliphatic heterocycles. The molecule has 2 heterocycles. The first-order chi connectivity index (χ1) is 10.1. The standard InChI is InChI=1S/C16H26N4S.HI/c1-13-11-18-8-5-14(13)6-9-19-15(17-3)20-12-16(2)7-4-10-21-16;/h5,8,11H,4,6-7,9-10,12H2,1-3H3,(H2,17,19,20);1H. The van der Waals surface area contributed by atoms with Gasteiger partial charge in [0.25, 0.3) is 0 Å². The Morgan fingerprint density at radius 2 is 2.27 bits per heavy atom. The third-order valence-corrected chi connectivity index (χ3v) is 5.52. The Kier molecular flexibility index (Phi) is 8.53. The van der Waals surface area contributed by atoms with Crippen molar-refractivity contribution in [3.63, 3.8) is 0 Å². The summed E-state index contributed by atoms with van der Waals surface area (Å²) >= 11 is 2.07. The second-order valence-corrected chi connectivity index (χ2v) is 7.49. The second kappa shape index (κ2) is 9.60. The fourth-order valence-electron chi connectivity index (χ4n) is 2.57. The predicted molar refractivity (Wildman–Crippen MR) is 108 cm³/mol. The van der Waals surface area contributed by atoms with Crippen molar-refractivity contribution in [1.82, 2.24) is 15.6 Å². The van der Waals surface area contributed by atoms with Crippen LogP contribution in [0.4, 0.5) is 0 Å². The van der Waals surface area contributed by atoms with Gasteiger partial charge in [-0.15, -0.1) is 24.0 Å². The van der Waals surface area contributed by atoms with Crippen LogP contribution in [0.3, 0.4) is 0 Å². The minimum atomic E-state index is 0. The zero-order chi connectivity index (χ0) is 15.1. The van der Waals surface area contributed by atoms with E-state index in [-0.39, 0.29) is 24.0 Å². The molecule has 124 valence electrons. The van der Waals surface area contributed by atoms with Crippen LogP contribution < -0.4 is 10.6 Å². The van der Waals surface area contributed by atoms with Crippen molar-refractivity contribution in [3.8, 4) is 0 Å². The number of nitrogens with zero attached hydrogens (tertiary/aromatic N) is 2. The molecular formula is C16H27IN4S. The molecule has 0 amide bonds. The maximum absolute atomic E-state index is 4.31. The molecule has 0 saturated carbocycles. The summed E-state index contributed by atoms with van der Waals surface area (Å²) in [5.74, 6) is 2.18. The van der Waals surface area contributed by atoms with E-state index in [1.165, 1.54) is 29.7 Å². The molecule has 4 nitrogen and oxygen atoms in total. The normalized spacial score (nSPS) is 21.3. The number of thioether (sulfide) groups is 1. The number of aromatic nitrogens is 1. The maximum atomic E-state index is 4.31. The van der Waals surface area contributed by atoms with Crippen LogP contribution in [0, 0.1) is 6.92 Å². The highest BCUT2D eigenvalue weighted by molar-refractivity contribution is 14.0. The summed E-state index contributed by atoms with van der Waals surface area (Å²) in [4.78, 5) is 8.43. The van der Waals surface area contributed by atoms with Gasteiger partial charge in [0.2, 0.25) is 0 Å². The zero-order valence-electron chi connectivity index (χ0n) is 13.7. The van der Waals surface area contributed by atoms with Crippen molar-refractivity contribution in [2.24, 2.45) is 4.99 Å². The average molecular weight is 434 g/mol. The lowest BCUT2D eigenvalue weighted by Gasteiger charge is -2.24. The van der Waals surface area contributed by atoms with E-state index in [1.54, 1.807) is 0 Å². The van der Waals surface area contributed by atoms with Gasteiger partial charge in [-0.2, -0.15) is 11.8 Å². The number of rotatable bonds is 5. The fourth-order valence-corrected chi connectivity index (χ4v) is 3.81. The smallest absolute Gasteiger partial charge is 0.191 e. The topological polar surface area (TPSA) is 49.3 Å². The molecule has 1 unspecified atom stereocenters. The Hall–Kier alpha value is -0.500. The molecule has 1 saturated heterocycles. The quantitative estimate of drug-likeness (QED) is 0.425. The van der Waals surface area contributed by atoms with Crippen LogP contribution in [0.5, 0.6) is 0 Å². The van der Waals surface area contributed by atoms with Gasteiger partial charge in [-0.05, 0) is 56.1 Å². The van der Waals surface area contributed by atoms with Crippen LogP contribution in [0.15, 0.2) is 23.5 Å². The third-order valence-electron chi connectivity index (χ3n) is 3.98. The Morgan fingerprint density at radius 1 is 1.45 bits per heavy atom. The van der Waals surface area contributed by atoms with Gasteiger partial charge in [0.05, 0.1) is 0 Å². The fraction of sp³-hybridized carbons (Fsp3) is 0.625. The van der Waals surface area contributed by atoms with E-state index in [0.29, 0.717) is 4.75 Å². The summed E-state index contributed by atoms with van der Waals surface area (Å²) in [6.07, 6.45) is 7.38. The molecule has 0 aromatic carbocycles. The van der Waals surface area contributed by atoms with E-state index in [2.05, 4.69) is 52.3 Å². The van der Waals surface area contributed by atoms with E-state index in [1.807, 2.05) is 19.4 Å². The number of hydrogen-bond acceptors (Lipinski definition) is 3. The predicted octanol–water partition coefficient (Wildman–Crippen LogP) is 3.00. The summed E-state index contributed by atoms with van der Waals surface area (Å²) in [6, 6.07) is 2.09. The van der Waals surface area contributed by atoms with Gasteiger partial charge >= 0.3 is 0 Å². The highest BCUT2D eigenvalue weighted by atomic mass is 127. The van der Waals surface area contributed by atoms with E-state index in [9.17, 15) is 0 Å². The highest BCUT2D eigenvalue weighted by Crippen LogP contribution is 2.36. The van der Waals surface area contributed by atoms with Crippen LogP contribution in [-0.4, -0.2) is 41.6 Å². The van der Waals surface area contributed by atoms with E-state index in [0.717, 1.165) is 25.5 Å². The molecule has 0 radical (unpaired) electrons. The molecule has 22 heavy (non-hydrogen) atoms. The molecule has 1 aromatic heterocycles. The number of pyridine rings is 1. The summed E-state index contributed by atoms with van der Waals surface area (Å²) in [7, 11) is 1.83. The molecular weight excluding hydrogens is 407 g/mol. The first kappa shape index (κ1) is 19.5. The molecule has 2 N–H and O–H groups in total. The molecule has 1 fully saturated rings.